The maximum atomic E-state index is 12.9. The molecule has 1 atom stereocenters. The monoisotopic (exact) mass is 398 g/mol. The number of amides is 2. The molecule has 1 fully saturated rings. The van der Waals surface area contributed by atoms with E-state index in [1.165, 1.54) is 10.4 Å². The average molecular weight is 399 g/mol. The van der Waals surface area contributed by atoms with Crippen molar-refractivity contribution in [3.63, 3.8) is 0 Å². The summed E-state index contributed by atoms with van der Waals surface area (Å²) in [6, 6.07) is 12.7. The minimum Gasteiger partial charge on any atom is -0.359 e. The van der Waals surface area contributed by atoms with Crippen LogP contribution in [0.25, 0.3) is 10.4 Å². The fraction of sp³-hybridized carbons (Fsp3) is 0.478. The first-order valence-corrected chi connectivity index (χ1v) is 10.9. The van der Waals surface area contributed by atoms with Gasteiger partial charge in [-0.1, -0.05) is 44.2 Å². The molecule has 0 spiro atoms. The second kappa shape index (κ2) is 8.91. The van der Waals surface area contributed by atoms with E-state index in [-0.39, 0.29) is 11.8 Å². The number of rotatable bonds is 6. The van der Waals surface area contributed by atoms with E-state index in [1.807, 2.05) is 4.90 Å². The van der Waals surface area contributed by atoms with Gasteiger partial charge in [-0.05, 0) is 47.8 Å². The van der Waals surface area contributed by atoms with Crippen LogP contribution < -0.4 is 5.32 Å². The largest absolute Gasteiger partial charge is 0.359 e. The van der Waals surface area contributed by atoms with Gasteiger partial charge in [0.1, 0.15) is 0 Å². The van der Waals surface area contributed by atoms with E-state index in [0.717, 1.165) is 24.9 Å². The van der Waals surface area contributed by atoms with Crippen molar-refractivity contribution in [2.45, 2.75) is 39.5 Å². The SMILES string of the molecule is CNC(=O)[C@]1(Cc2ccc(-c3cccs3)cc2)CCCN(C(=O)CC(C)C)C1. The van der Waals surface area contributed by atoms with E-state index in [1.54, 1.807) is 18.4 Å². The molecular formula is C23H30N2O2S. The smallest absolute Gasteiger partial charge is 0.228 e. The van der Waals surface area contributed by atoms with Crippen molar-refractivity contribution < 1.29 is 9.59 Å². The summed E-state index contributed by atoms with van der Waals surface area (Å²) in [5.41, 5.74) is 1.79. The maximum absolute atomic E-state index is 12.9. The fourth-order valence-electron chi connectivity index (χ4n) is 4.12. The molecule has 0 unspecified atom stereocenters. The molecule has 0 aliphatic carbocycles. The van der Waals surface area contributed by atoms with Crippen LogP contribution in [0, 0.1) is 11.3 Å². The number of benzene rings is 1. The molecule has 1 aliphatic rings. The highest BCUT2D eigenvalue weighted by Gasteiger charge is 2.43. The third-order valence-corrected chi connectivity index (χ3v) is 6.44. The van der Waals surface area contributed by atoms with Gasteiger partial charge in [0, 0.05) is 31.4 Å². The minimum atomic E-state index is -0.551. The molecule has 4 nitrogen and oxygen atoms in total. The summed E-state index contributed by atoms with van der Waals surface area (Å²) < 4.78 is 0. The Kier molecular flexibility index (Phi) is 6.55. The van der Waals surface area contributed by atoms with E-state index in [4.69, 9.17) is 0 Å². The molecule has 0 radical (unpaired) electrons. The van der Waals surface area contributed by atoms with Crippen molar-refractivity contribution in [3.05, 3.63) is 47.3 Å². The summed E-state index contributed by atoms with van der Waals surface area (Å²) in [5, 5.41) is 4.93. The number of carbonyl (C=O) groups excluding carboxylic acids is 2. The summed E-state index contributed by atoms with van der Waals surface area (Å²) >= 11 is 1.73. The summed E-state index contributed by atoms with van der Waals surface area (Å²) in [7, 11) is 1.69. The highest BCUT2D eigenvalue weighted by molar-refractivity contribution is 7.13. The van der Waals surface area contributed by atoms with E-state index >= 15 is 0 Å². The Labute approximate surface area is 172 Å². The number of nitrogens with one attached hydrogen (secondary N) is 1. The van der Waals surface area contributed by atoms with Crippen molar-refractivity contribution >= 4 is 23.2 Å². The molecule has 150 valence electrons. The number of carbonyl (C=O) groups is 2. The molecule has 0 bridgehead atoms. The van der Waals surface area contributed by atoms with E-state index in [0.29, 0.717) is 25.3 Å². The minimum absolute atomic E-state index is 0.0388. The van der Waals surface area contributed by atoms with Gasteiger partial charge >= 0.3 is 0 Å². The zero-order valence-corrected chi connectivity index (χ0v) is 17.8. The van der Waals surface area contributed by atoms with Crippen LogP contribution in [-0.4, -0.2) is 36.9 Å². The van der Waals surface area contributed by atoms with Gasteiger partial charge in [0.15, 0.2) is 0 Å². The molecule has 5 heteroatoms. The highest BCUT2D eigenvalue weighted by Crippen LogP contribution is 2.35. The number of thiophene rings is 1. The zero-order chi connectivity index (χ0) is 20.1. The summed E-state index contributed by atoms with van der Waals surface area (Å²) in [4.78, 5) is 28.7. The van der Waals surface area contributed by atoms with Crippen LogP contribution in [0.4, 0.5) is 0 Å². The van der Waals surface area contributed by atoms with Gasteiger partial charge in [-0.2, -0.15) is 0 Å². The molecule has 2 heterocycles. The van der Waals surface area contributed by atoms with E-state index in [9.17, 15) is 9.59 Å². The molecule has 1 aromatic heterocycles. The molecule has 3 rings (SSSR count). The number of hydrogen-bond acceptors (Lipinski definition) is 3. The van der Waals surface area contributed by atoms with Crippen LogP contribution in [0.3, 0.4) is 0 Å². The lowest BCUT2D eigenvalue weighted by atomic mass is 9.74. The normalized spacial score (nSPS) is 19.6. The van der Waals surface area contributed by atoms with Crippen LogP contribution in [0.15, 0.2) is 41.8 Å². The molecular weight excluding hydrogens is 368 g/mol. The first-order chi connectivity index (χ1) is 13.4. The van der Waals surface area contributed by atoms with Gasteiger partial charge in [-0.3, -0.25) is 9.59 Å². The lowest BCUT2D eigenvalue weighted by Crippen LogP contribution is -2.54. The molecule has 1 saturated heterocycles. The predicted octanol–water partition coefficient (Wildman–Crippen LogP) is 4.36. The lowest BCUT2D eigenvalue weighted by molar-refractivity contribution is -0.141. The van der Waals surface area contributed by atoms with Crippen LogP contribution in [0.2, 0.25) is 0 Å². The topological polar surface area (TPSA) is 49.4 Å². The van der Waals surface area contributed by atoms with Gasteiger partial charge in [0.25, 0.3) is 0 Å². The van der Waals surface area contributed by atoms with Gasteiger partial charge in [0.05, 0.1) is 5.41 Å². The molecule has 1 aliphatic heterocycles. The average Bonchev–Trinajstić information content (AvgIpc) is 3.22. The van der Waals surface area contributed by atoms with Gasteiger partial charge in [-0.15, -0.1) is 11.3 Å². The Morgan fingerprint density at radius 3 is 2.57 bits per heavy atom. The first-order valence-electron chi connectivity index (χ1n) is 10.1. The summed E-state index contributed by atoms with van der Waals surface area (Å²) in [6.07, 6.45) is 2.87. The van der Waals surface area contributed by atoms with Gasteiger partial charge in [0.2, 0.25) is 11.8 Å². The number of likely N-dealkylation sites (tertiary alicyclic amines) is 1. The van der Waals surface area contributed by atoms with E-state index < -0.39 is 5.41 Å². The van der Waals surface area contributed by atoms with E-state index in [2.05, 4.69) is 60.9 Å². The van der Waals surface area contributed by atoms with Crippen LogP contribution in [0.1, 0.15) is 38.7 Å². The van der Waals surface area contributed by atoms with Crippen molar-refractivity contribution in [2.24, 2.45) is 11.3 Å². The Balaban J connectivity index is 1.79. The standard InChI is InChI=1S/C23H30N2O2S/c1-17(2)14-21(26)25-12-5-11-23(16-25,22(27)24-3)15-18-7-9-19(10-8-18)20-6-4-13-28-20/h4,6-10,13,17H,5,11-12,14-16H2,1-3H3,(H,24,27)/t23-/m0/s1. The number of hydrogen-bond donors (Lipinski definition) is 1. The van der Waals surface area contributed by atoms with Crippen LogP contribution in [0.5, 0.6) is 0 Å². The van der Waals surface area contributed by atoms with Crippen LogP contribution >= 0.6 is 11.3 Å². The lowest BCUT2D eigenvalue weighted by Gasteiger charge is -2.42. The third kappa shape index (κ3) is 4.64. The van der Waals surface area contributed by atoms with Crippen molar-refractivity contribution in [1.82, 2.24) is 10.2 Å². The highest BCUT2D eigenvalue weighted by atomic mass is 32.1. The molecule has 2 amide bonds. The Morgan fingerprint density at radius 1 is 1.21 bits per heavy atom. The Morgan fingerprint density at radius 2 is 1.96 bits per heavy atom. The van der Waals surface area contributed by atoms with Crippen molar-refractivity contribution in [2.75, 3.05) is 20.1 Å². The Bertz CT molecular complexity index is 799. The summed E-state index contributed by atoms with van der Waals surface area (Å²) in [6.45, 7) is 5.37. The quantitative estimate of drug-likeness (QED) is 0.786. The predicted molar refractivity (Wildman–Crippen MR) is 115 cm³/mol. The zero-order valence-electron chi connectivity index (χ0n) is 17.0. The molecule has 1 N–H and O–H groups in total. The van der Waals surface area contributed by atoms with Crippen molar-refractivity contribution in [3.8, 4) is 10.4 Å². The fourth-order valence-corrected chi connectivity index (χ4v) is 4.85. The van der Waals surface area contributed by atoms with Gasteiger partial charge in [-0.25, -0.2) is 0 Å². The molecule has 28 heavy (non-hydrogen) atoms. The second-order valence-electron chi connectivity index (χ2n) is 8.23. The first kappa shape index (κ1) is 20.6. The second-order valence-corrected chi connectivity index (χ2v) is 9.17. The van der Waals surface area contributed by atoms with Gasteiger partial charge < -0.3 is 10.2 Å². The summed E-state index contributed by atoms with van der Waals surface area (Å²) in [5.74, 6) is 0.529. The molecule has 1 aromatic carbocycles. The maximum Gasteiger partial charge on any atom is 0.228 e. The van der Waals surface area contributed by atoms with Crippen molar-refractivity contribution in [1.29, 1.82) is 0 Å². The number of piperidine rings is 1. The van der Waals surface area contributed by atoms with Crippen LogP contribution in [-0.2, 0) is 16.0 Å². The molecule has 0 saturated carbocycles. The Hall–Kier alpha value is -2.14. The third-order valence-electron chi connectivity index (χ3n) is 5.52. The molecule has 2 aromatic rings. The number of nitrogens with zero attached hydrogens (tertiary/aromatic N) is 1.